The molecule has 0 fully saturated rings. The molecule has 2 nitrogen and oxygen atoms in total. The molecule has 0 bridgehead atoms. The van der Waals surface area contributed by atoms with E-state index in [2.05, 4.69) is 27.7 Å². The molecule has 0 aromatic heterocycles. The molecule has 0 radical (unpaired) electrons. The Morgan fingerprint density at radius 1 is 1.19 bits per heavy atom. The minimum absolute atomic E-state index is 0.0257. The summed E-state index contributed by atoms with van der Waals surface area (Å²) in [4.78, 5) is 12.2. The molecule has 0 heterocycles. The van der Waals surface area contributed by atoms with Crippen LogP contribution in [-0.2, 0) is 9.53 Å². The van der Waals surface area contributed by atoms with Crippen LogP contribution in [0.3, 0.4) is 0 Å². The minimum atomic E-state index is -0.350. The summed E-state index contributed by atoms with van der Waals surface area (Å²) in [6.45, 7) is 14.5. The molecule has 0 N–H and O–H groups in total. The van der Waals surface area contributed by atoms with E-state index in [1.54, 1.807) is 0 Å². The number of ether oxygens (including phenoxy) is 1. The molecule has 2 atom stereocenters. The largest absolute Gasteiger partial charge is 0.462 e. The summed E-state index contributed by atoms with van der Waals surface area (Å²) < 4.78 is 5.49. The maximum Gasteiger partial charge on any atom is 0.312 e. The number of carbonyl (C=O) groups is 1. The second kappa shape index (κ2) is 6.27. The van der Waals surface area contributed by atoms with E-state index in [0.717, 1.165) is 12.8 Å². The lowest BCUT2D eigenvalue weighted by molar-refractivity contribution is -0.164. The fourth-order valence-electron chi connectivity index (χ4n) is 1.80. The van der Waals surface area contributed by atoms with Crippen LogP contribution in [0, 0.1) is 17.3 Å². The molecule has 2 heteroatoms. The lowest BCUT2D eigenvalue weighted by Crippen LogP contribution is -2.37. The summed E-state index contributed by atoms with van der Waals surface area (Å²) >= 11 is 0. The molecule has 0 spiro atoms. The van der Waals surface area contributed by atoms with E-state index in [1.165, 1.54) is 0 Å². The van der Waals surface area contributed by atoms with Gasteiger partial charge >= 0.3 is 5.97 Å². The van der Waals surface area contributed by atoms with Gasteiger partial charge in [0.1, 0.15) is 0 Å². The summed E-state index contributed by atoms with van der Waals surface area (Å²) in [6.07, 6.45) is 1.79. The van der Waals surface area contributed by atoms with Gasteiger partial charge in [-0.1, -0.05) is 34.6 Å². The Kier molecular flexibility index (Phi) is 6.06. The van der Waals surface area contributed by atoms with Crippen LogP contribution in [0.5, 0.6) is 0 Å². The third-order valence-corrected chi connectivity index (χ3v) is 3.46. The van der Waals surface area contributed by atoms with E-state index in [9.17, 15) is 4.79 Å². The van der Waals surface area contributed by atoms with Gasteiger partial charge in [0.2, 0.25) is 0 Å². The van der Waals surface area contributed by atoms with E-state index < -0.39 is 0 Å². The fourth-order valence-corrected chi connectivity index (χ4v) is 1.80. The fraction of sp³-hybridized carbons (Fsp3) is 0.929. The molecule has 0 aliphatic heterocycles. The summed E-state index contributed by atoms with van der Waals surface area (Å²) in [5.41, 5.74) is -0.350. The quantitative estimate of drug-likeness (QED) is 0.641. The van der Waals surface area contributed by atoms with Gasteiger partial charge in [0.25, 0.3) is 0 Å². The number of rotatable bonds is 6. The Labute approximate surface area is 101 Å². The van der Waals surface area contributed by atoms with Crippen molar-refractivity contribution < 1.29 is 9.53 Å². The minimum Gasteiger partial charge on any atom is -0.462 e. The maximum absolute atomic E-state index is 12.2. The predicted molar refractivity (Wildman–Crippen MR) is 68.2 cm³/mol. The second-order valence-electron chi connectivity index (χ2n) is 5.79. The normalized spacial score (nSPS) is 17.3. The van der Waals surface area contributed by atoms with Gasteiger partial charge in [-0.15, -0.1) is 0 Å². The summed E-state index contributed by atoms with van der Waals surface area (Å²) in [6, 6.07) is 0. The number of esters is 1. The first-order chi connectivity index (χ1) is 7.24. The summed E-state index contributed by atoms with van der Waals surface area (Å²) in [7, 11) is 0. The van der Waals surface area contributed by atoms with E-state index in [1.807, 2.05) is 20.8 Å². The van der Waals surface area contributed by atoms with Crippen molar-refractivity contribution in [2.75, 3.05) is 0 Å². The van der Waals surface area contributed by atoms with Crippen LogP contribution >= 0.6 is 0 Å². The van der Waals surface area contributed by atoms with Gasteiger partial charge in [-0.2, -0.15) is 0 Å². The van der Waals surface area contributed by atoms with Crippen LogP contribution in [0.2, 0.25) is 0 Å². The lowest BCUT2D eigenvalue weighted by Gasteiger charge is -2.33. The van der Waals surface area contributed by atoms with Crippen LogP contribution in [0.15, 0.2) is 0 Å². The van der Waals surface area contributed by atoms with Gasteiger partial charge in [0.15, 0.2) is 0 Å². The molecule has 0 aromatic carbocycles. The van der Waals surface area contributed by atoms with Crippen molar-refractivity contribution in [2.24, 2.45) is 17.3 Å². The van der Waals surface area contributed by atoms with Crippen molar-refractivity contribution in [1.29, 1.82) is 0 Å². The molecule has 2 unspecified atom stereocenters. The van der Waals surface area contributed by atoms with Crippen molar-refractivity contribution in [2.45, 2.75) is 67.4 Å². The first kappa shape index (κ1) is 15.5. The van der Waals surface area contributed by atoms with E-state index in [0.29, 0.717) is 11.8 Å². The molecule has 0 aliphatic carbocycles. The number of hydrogen-bond donors (Lipinski definition) is 0. The van der Waals surface area contributed by atoms with Gasteiger partial charge in [-0.3, -0.25) is 4.79 Å². The SMILES string of the molecule is CCC(C)OC(=O)C(C)(CC(C)C)C(C)C. The molecule has 96 valence electrons. The second-order valence-corrected chi connectivity index (χ2v) is 5.79. The van der Waals surface area contributed by atoms with Gasteiger partial charge in [-0.25, -0.2) is 0 Å². The smallest absolute Gasteiger partial charge is 0.312 e. The van der Waals surface area contributed by atoms with E-state index in [-0.39, 0.29) is 17.5 Å². The summed E-state index contributed by atoms with van der Waals surface area (Å²) in [5.74, 6) is 0.786. The highest BCUT2D eigenvalue weighted by molar-refractivity contribution is 5.76. The molecule has 0 saturated heterocycles. The van der Waals surface area contributed by atoms with Crippen LogP contribution in [0.1, 0.15) is 61.3 Å². The molecule has 0 saturated carbocycles. The molecule has 16 heavy (non-hydrogen) atoms. The Hall–Kier alpha value is -0.530. The summed E-state index contributed by atoms with van der Waals surface area (Å²) in [5, 5.41) is 0. The van der Waals surface area contributed by atoms with Crippen LogP contribution in [-0.4, -0.2) is 12.1 Å². The molecule has 0 amide bonds. The van der Waals surface area contributed by atoms with E-state index in [4.69, 9.17) is 4.74 Å². The first-order valence-electron chi connectivity index (χ1n) is 6.45. The molecular formula is C14H28O2. The topological polar surface area (TPSA) is 26.3 Å². The van der Waals surface area contributed by atoms with Crippen molar-refractivity contribution in [1.82, 2.24) is 0 Å². The average molecular weight is 228 g/mol. The Balaban J connectivity index is 4.70. The van der Waals surface area contributed by atoms with Crippen LogP contribution < -0.4 is 0 Å². The third-order valence-electron chi connectivity index (χ3n) is 3.46. The van der Waals surface area contributed by atoms with Crippen molar-refractivity contribution in [3.05, 3.63) is 0 Å². The zero-order valence-electron chi connectivity index (χ0n) is 12.0. The zero-order valence-corrected chi connectivity index (χ0v) is 12.0. The molecule has 0 aromatic rings. The third kappa shape index (κ3) is 4.15. The number of carbonyl (C=O) groups excluding carboxylic acids is 1. The highest BCUT2D eigenvalue weighted by Crippen LogP contribution is 2.36. The Bertz CT molecular complexity index is 221. The van der Waals surface area contributed by atoms with Gasteiger partial charge in [0, 0.05) is 0 Å². The number of hydrogen-bond acceptors (Lipinski definition) is 2. The molecule has 0 rings (SSSR count). The van der Waals surface area contributed by atoms with E-state index >= 15 is 0 Å². The van der Waals surface area contributed by atoms with Gasteiger partial charge < -0.3 is 4.74 Å². The average Bonchev–Trinajstić information content (AvgIpc) is 2.15. The predicted octanol–water partition coefficient (Wildman–Crippen LogP) is 4.04. The molecular weight excluding hydrogens is 200 g/mol. The first-order valence-corrected chi connectivity index (χ1v) is 6.45. The zero-order chi connectivity index (χ0) is 12.9. The Morgan fingerprint density at radius 3 is 2.00 bits per heavy atom. The standard InChI is InChI=1S/C14H28O2/c1-8-12(6)16-13(15)14(7,11(4)5)9-10(2)3/h10-12H,8-9H2,1-7H3. The monoisotopic (exact) mass is 228 g/mol. The van der Waals surface area contributed by atoms with Crippen molar-refractivity contribution in [3.63, 3.8) is 0 Å². The molecule has 0 aliphatic rings. The Morgan fingerprint density at radius 2 is 1.69 bits per heavy atom. The van der Waals surface area contributed by atoms with Crippen molar-refractivity contribution in [3.8, 4) is 0 Å². The van der Waals surface area contributed by atoms with Crippen LogP contribution in [0.25, 0.3) is 0 Å². The maximum atomic E-state index is 12.2. The highest BCUT2D eigenvalue weighted by atomic mass is 16.5. The van der Waals surface area contributed by atoms with Gasteiger partial charge in [0.05, 0.1) is 11.5 Å². The lowest BCUT2D eigenvalue weighted by atomic mass is 9.73. The van der Waals surface area contributed by atoms with Crippen molar-refractivity contribution >= 4 is 5.97 Å². The van der Waals surface area contributed by atoms with Gasteiger partial charge in [-0.05, 0) is 38.5 Å². The highest BCUT2D eigenvalue weighted by Gasteiger charge is 2.39. The van der Waals surface area contributed by atoms with Crippen LogP contribution in [0.4, 0.5) is 0 Å².